The molecular weight excluding hydrogens is 449 g/mol. The minimum atomic E-state index is -4.52. The molecule has 0 aromatic heterocycles. The highest BCUT2D eigenvalue weighted by Gasteiger charge is 2.34. The highest BCUT2D eigenvalue weighted by Crippen LogP contribution is 2.37. The van der Waals surface area contributed by atoms with E-state index in [1.54, 1.807) is 6.08 Å². The first kappa shape index (κ1) is 24.9. The van der Waals surface area contributed by atoms with Crippen LogP contribution in [-0.4, -0.2) is 17.7 Å². The summed E-state index contributed by atoms with van der Waals surface area (Å²) in [5, 5.41) is 2.64. The maximum absolute atomic E-state index is 13.2. The topological polar surface area (TPSA) is 50.7 Å². The van der Waals surface area contributed by atoms with Crippen LogP contribution in [0, 0.1) is 0 Å². The molecule has 2 aromatic carbocycles. The van der Waals surface area contributed by atoms with E-state index in [0.29, 0.717) is 11.5 Å². The van der Waals surface area contributed by atoms with Crippen molar-refractivity contribution in [3.05, 3.63) is 64.6 Å². The van der Waals surface area contributed by atoms with Crippen LogP contribution in [0.15, 0.2) is 58.4 Å². The van der Waals surface area contributed by atoms with Gasteiger partial charge in [-0.2, -0.15) is 13.2 Å². The maximum Gasteiger partial charge on any atom is 0.418 e. The fourth-order valence-corrected chi connectivity index (χ4v) is 4.12. The number of carbonyl (C=O) groups excluding carboxylic acids is 1. The van der Waals surface area contributed by atoms with Gasteiger partial charge in [-0.3, -0.25) is 4.79 Å². The number of aliphatic imine (C=N–C) groups is 1. The molecular formula is C25H27F3N2O2S. The van der Waals surface area contributed by atoms with Crippen LogP contribution in [0.1, 0.15) is 56.6 Å². The Morgan fingerprint density at radius 2 is 1.70 bits per heavy atom. The molecule has 1 heterocycles. The van der Waals surface area contributed by atoms with Crippen LogP contribution in [0.2, 0.25) is 0 Å². The van der Waals surface area contributed by atoms with Crippen molar-refractivity contribution < 1.29 is 22.7 Å². The standard InChI is InChI=1S/C25H27F3N2O2S/c1-2-3-4-5-6-9-16-32-19-14-12-18(13-15-19)17-22-23(31)30-24(33-22)29-21-11-8-7-10-20(21)25(26,27)28/h7-8,10-15,17H,2-6,9,16H2,1H3,(H,29,30,31)/b22-17+. The molecule has 0 bridgehead atoms. The Hall–Kier alpha value is -2.74. The van der Waals surface area contributed by atoms with Gasteiger partial charge in [0.05, 0.1) is 22.8 Å². The summed E-state index contributed by atoms with van der Waals surface area (Å²) in [5.74, 6) is 0.367. The van der Waals surface area contributed by atoms with E-state index in [9.17, 15) is 18.0 Å². The molecule has 2 aromatic rings. The van der Waals surface area contributed by atoms with Gasteiger partial charge in [0.25, 0.3) is 5.91 Å². The Bertz CT molecular complexity index is 1000. The first-order valence-electron chi connectivity index (χ1n) is 11.1. The summed E-state index contributed by atoms with van der Waals surface area (Å²) in [6.07, 6.45) is 4.35. The van der Waals surface area contributed by atoms with Gasteiger partial charge in [-0.1, -0.05) is 63.3 Å². The molecule has 1 aliphatic rings. The van der Waals surface area contributed by atoms with E-state index in [2.05, 4.69) is 17.2 Å². The minimum Gasteiger partial charge on any atom is -0.494 e. The summed E-state index contributed by atoms with van der Waals surface area (Å²) in [6, 6.07) is 12.4. The van der Waals surface area contributed by atoms with Crippen molar-refractivity contribution in [1.29, 1.82) is 0 Å². The van der Waals surface area contributed by atoms with E-state index in [1.807, 2.05) is 24.3 Å². The Balaban J connectivity index is 1.58. The summed E-state index contributed by atoms with van der Waals surface area (Å²) >= 11 is 1.01. The van der Waals surface area contributed by atoms with Crippen molar-refractivity contribution in [3.63, 3.8) is 0 Å². The molecule has 1 N–H and O–H groups in total. The lowest BCUT2D eigenvalue weighted by molar-refractivity contribution is -0.137. The average molecular weight is 477 g/mol. The van der Waals surface area contributed by atoms with Crippen molar-refractivity contribution in [1.82, 2.24) is 5.32 Å². The number of unbranched alkanes of at least 4 members (excludes halogenated alkanes) is 5. The molecule has 33 heavy (non-hydrogen) atoms. The molecule has 176 valence electrons. The molecule has 1 aliphatic heterocycles. The number of para-hydroxylation sites is 1. The van der Waals surface area contributed by atoms with Gasteiger partial charge < -0.3 is 10.1 Å². The SMILES string of the molecule is CCCCCCCCOc1ccc(/C=C2/SC(=Nc3ccccc3C(F)(F)F)NC2=O)cc1. The summed E-state index contributed by atoms with van der Waals surface area (Å²) in [6.45, 7) is 2.87. The third-order valence-electron chi connectivity index (χ3n) is 5.03. The lowest BCUT2D eigenvalue weighted by Gasteiger charge is -2.09. The lowest BCUT2D eigenvalue weighted by atomic mass is 10.1. The molecule has 0 radical (unpaired) electrons. The van der Waals surface area contributed by atoms with Gasteiger partial charge in [0.1, 0.15) is 5.75 Å². The van der Waals surface area contributed by atoms with Crippen molar-refractivity contribution >= 4 is 34.6 Å². The molecule has 0 spiro atoms. The number of nitrogens with zero attached hydrogens (tertiary/aromatic N) is 1. The number of amidine groups is 1. The van der Waals surface area contributed by atoms with E-state index >= 15 is 0 Å². The highest BCUT2D eigenvalue weighted by atomic mass is 32.2. The van der Waals surface area contributed by atoms with E-state index in [1.165, 1.54) is 43.9 Å². The average Bonchev–Trinajstić information content (AvgIpc) is 3.12. The number of ether oxygens (including phenoxy) is 1. The predicted octanol–water partition coefficient (Wildman–Crippen LogP) is 7.34. The van der Waals surface area contributed by atoms with Crippen molar-refractivity contribution in [2.45, 2.75) is 51.6 Å². The zero-order valence-corrected chi connectivity index (χ0v) is 19.3. The third kappa shape index (κ3) is 7.67. The van der Waals surface area contributed by atoms with Gasteiger partial charge in [-0.15, -0.1) is 0 Å². The Morgan fingerprint density at radius 1 is 1.00 bits per heavy atom. The zero-order chi connectivity index (χ0) is 23.7. The van der Waals surface area contributed by atoms with Crippen molar-refractivity contribution in [2.75, 3.05) is 6.61 Å². The van der Waals surface area contributed by atoms with Gasteiger partial charge in [0.2, 0.25) is 0 Å². The van der Waals surface area contributed by atoms with Crippen LogP contribution in [0.4, 0.5) is 18.9 Å². The normalized spacial score (nSPS) is 16.4. The third-order valence-corrected chi connectivity index (χ3v) is 5.94. The smallest absolute Gasteiger partial charge is 0.418 e. The Morgan fingerprint density at radius 3 is 2.42 bits per heavy atom. The molecule has 8 heteroatoms. The van der Waals surface area contributed by atoms with Gasteiger partial charge >= 0.3 is 6.18 Å². The van der Waals surface area contributed by atoms with Crippen LogP contribution < -0.4 is 10.1 Å². The van der Waals surface area contributed by atoms with Crippen LogP contribution in [-0.2, 0) is 11.0 Å². The van der Waals surface area contributed by atoms with Crippen LogP contribution in [0.25, 0.3) is 6.08 Å². The fourth-order valence-electron chi connectivity index (χ4n) is 3.28. The monoisotopic (exact) mass is 476 g/mol. The number of alkyl halides is 3. The van der Waals surface area contributed by atoms with Gasteiger partial charge in [0.15, 0.2) is 5.17 Å². The highest BCUT2D eigenvalue weighted by molar-refractivity contribution is 8.18. The second-order valence-corrected chi connectivity index (χ2v) is 8.71. The number of carbonyl (C=O) groups is 1. The number of nitrogens with one attached hydrogen (secondary N) is 1. The number of benzene rings is 2. The first-order chi connectivity index (χ1) is 15.9. The number of rotatable bonds is 10. The quantitative estimate of drug-likeness (QED) is 0.288. The molecule has 3 rings (SSSR count). The van der Waals surface area contributed by atoms with Crippen molar-refractivity contribution in [3.8, 4) is 5.75 Å². The number of amides is 1. The number of halogens is 3. The molecule has 1 amide bonds. The van der Waals surface area contributed by atoms with Crippen molar-refractivity contribution in [2.24, 2.45) is 4.99 Å². The van der Waals surface area contributed by atoms with Crippen LogP contribution >= 0.6 is 11.8 Å². The second-order valence-electron chi connectivity index (χ2n) is 7.68. The predicted molar refractivity (Wildman–Crippen MR) is 128 cm³/mol. The van der Waals surface area contributed by atoms with E-state index in [-0.39, 0.29) is 10.9 Å². The summed E-state index contributed by atoms with van der Waals surface area (Å²) < 4.78 is 45.3. The number of hydrogen-bond acceptors (Lipinski definition) is 4. The Kier molecular flexibility index (Phi) is 9.00. The van der Waals surface area contributed by atoms with E-state index in [4.69, 9.17) is 4.74 Å². The van der Waals surface area contributed by atoms with Gasteiger partial charge in [-0.05, 0) is 54.1 Å². The molecule has 0 aliphatic carbocycles. The fraction of sp³-hybridized carbons (Fsp3) is 0.360. The molecule has 1 saturated heterocycles. The lowest BCUT2D eigenvalue weighted by Crippen LogP contribution is -2.19. The van der Waals surface area contributed by atoms with Gasteiger partial charge in [0, 0.05) is 0 Å². The van der Waals surface area contributed by atoms with Gasteiger partial charge in [-0.25, -0.2) is 4.99 Å². The largest absolute Gasteiger partial charge is 0.494 e. The first-order valence-corrected chi connectivity index (χ1v) is 11.9. The molecule has 1 fully saturated rings. The second kappa shape index (κ2) is 11.9. The van der Waals surface area contributed by atoms with E-state index < -0.39 is 17.6 Å². The molecule has 0 saturated carbocycles. The molecule has 4 nitrogen and oxygen atoms in total. The zero-order valence-electron chi connectivity index (χ0n) is 18.5. The van der Waals surface area contributed by atoms with E-state index in [0.717, 1.165) is 42.0 Å². The van der Waals surface area contributed by atoms with Crippen LogP contribution in [0.5, 0.6) is 5.75 Å². The van der Waals surface area contributed by atoms with Crippen LogP contribution in [0.3, 0.4) is 0 Å². The Labute approximate surface area is 196 Å². The molecule has 0 atom stereocenters. The summed E-state index contributed by atoms with van der Waals surface area (Å²) in [4.78, 5) is 16.6. The minimum absolute atomic E-state index is 0.113. The maximum atomic E-state index is 13.2. The summed E-state index contributed by atoms with van der Waals surface area (Å²) in [5.41, 5.74) is -0.293. The summed E-state index contributed by atoms with van der Waals surface area (Å²) in [7, 11) is 0. The molecule has 0 unspecified atom stereocenters. The number of hydrogen-bond donors (Lipinski definition) is 1. The number of thioether (sulfide) groups is 1.